The van der Waals surface area contributed by atoms with Crippen molar-refractivity contribution in [2.75, 3.05) is 31.1 Å². The second-order valence-electron chi connectivity index (χ2n) is 11.1. The van der Waals surface area contributed by atoms with Gasteiger partial charge in [0.15, 0.2) is 6.54 Å². The van der Waals surface area contributed by atoms with Crippen LogP contribution >= 0.6 is 35.3 Å². The highest BCUT2D eigenvalue weighted by molar-refractivity contribution is 8.18. The number of carbonyl (C=O) groups is 1. The summed E-state index contributed by atoms with van der Waals surface area (Å²) in [5.74, 6) is 0.754. The average molecular weight is 806 g/mol. The summed E-state index contributed by atoms with van der Waals surface area (Å²) in [6, 6.07) is 27.7. The molecule has 0 saturated carbocycles. The van der Waals surface area contributed by atoms with E-state index in [1.165, 1.54) is 49.6 Å². The number of hydrogen-bond acceptors (Lipinski definition) is 7. The minimum Gasteiger partial charge on any atom is -1.00 e. The Morgan fingerprint density at radius 1 is 0.833 bits per heavy atom. The summed E-state index contributed by atoms with van der Waals surface area (Å²) in [5.41, 5.74) is 6.05. The number of anilines is 1. The summed E-state index contributed by atoms with van der Waals surface area (Å²) in [5, 5.41) is 3.17. The summed E-state index contributed by atoms with van der Waals surface area (Å²) < 4.78 is 7.94. The van der Waals surface area contributed by atoms with Gasteiger partial charge in [-0.3, -0.25) is 0 Å². The Morgan fingerprint density at radius 3 is 2.17 bits per heavy atom. The number of rotatable bonds is 10. The molecular formula is C39H40IN3O2S3. The van der Waals surface area contributed by atoms with Crippen LogP contribution in [0.1, 0.15) is 44.4 Å². The van der Waals surface area contributed by atoms with E-state index in [4.69, 9.17) is 4.74 Å². The number of thioether (sulfide) groups is 3. The first-order valence-electron chi connectivity index (χ1n) is 16.2. The summed E-state index contributed by atoms with van der Waals surface area (Å²) in [4.78, 5) is 21.5. The molecule has 0 aliphatic carbocycles. The highest BCUT2D eigenvalue weighted by atomic mass is 127. The average Bonchev–Trinajstić information content (AvgIpc) is 3.73. The number of hydrogen-bond donors (Lipinski definition) is 0. The van der Waals surface area contributed by atoms with Gasteiger partial charge < -0.3 is 38.5 Å². The van der Waals surface area contributed by atoms with Crippen molar-refractivity contribution in [3.05, 3.63) is 141 Å². The molecule has 3 aromatic carbocycles. The van der Waals surface area contributed by atoms with Crippen LogP contribution in [0.4, 0.5) is 5.69 Å². The van der Waals surface area contributed by atoms with Crippen LogP contribution in [-0.4, -0.2) is 46.7 Å². The van der Waals surface area contributed by atoms with E-state index in [1.54, 1.807) is 23.5 Å². The molecule has 0 unspecified atom stereocenters. The fraction of sp³-hybridized carbons (Fsp3) is 0.231. The molecule has 3 heterocycles. The Morgan fingerprint density at radius 2 is 1.52 bits per heavy atom. The molecule has 0 radical (unpaired) electrons. The molecule has 6 rings (SSSR count). The van der Waals surface area contributed by atoms with Crippen LogP contribution in [-0.2, 0) is 9.53 Å². The highest BCUT2D eigenvalue weighted by Gasteiger charge is 2.38. The first kappa shape index (κ1) is 36.2. The van der Waals surface area contributed by atoms with E-state index in [9.17, 15) is 4.79 Å². The predicted octanol–water partition coefficient (Wildman–Crippen LogP) is 6.72. The minimum atomic E-state index is 0. The smallest absolute Gasteiger partial charge is 0.427 e. The molecule has 0 atom stereocenters. The van der Waals surface area contributed by atoms with Gasteiger partial charge in [0.2, 0.25) is 0 Å². The highest BCUT2D eigenvalue weighted by Crippen LogP contribution is 2.51. The van der Waals surface area contributed by atoms with Crippen LogP contribution in [0, 0.1) is 6.92 Å². The van der Waals surface area contributed by atoms with Crippen molar-refractivity contribution in [3.8, 4) is 0 Å². The van der Waals surface area contributed by atoms with E-state index in [0.29, 0.717) is 18.1 Å². The molecule has 0 spiro atoms. The number of benzene rings is 3. The van der Waals surface area contributed by atoms with Crippen LogP contribution < -0.4 is 28.9 Å². The molecule has 48 heavy (non-hydrogen) atoms. The Labute approximate surface area is 314 Å². The predicted molar refractivity (Wildman–Crippen MR) is 202 cm³/mol. The molecule has 0 aromatic heterocycles. The fourth-order valence-corrected chi connectivity index (χ4v) is 9.38. The van der Waals surface area contributed by atoms with Gasteiger partial charge in [-0.2, -0.15) is 4.58 Å². The molecule has 1 amide bonds. The lowest BCUT2D eigenvalue weighted by Gasteiger charge is -2.21. The van der Waals surface area contributed by atoms with Crippen LogP contribution in [0.15, 0.2) is 129 Å². The van der Waals surface area contributed by atoms with Gasteiger partial charge in [0, 0.05) is 35.0 Å². The topological polar surface area (TPSA) is 35.8 Å². The lowest BCUT2D eigenvalue weighted by atomic mass is 10.1. The standard InChI is InChI=1S/C39H40N3O2S3.HI/c1-6-40-31-24-27(5)20-22-32(31)45-34(40)25-30(44-9-4)21-23-33-39(43)42(8-3)36(46-33)26-35-41(7-2)37(28-16-12-10-13-17-28)38(47-35)29-18-14-11-15-19-29;/h10-26H,6-9H2,1-5H3;1H/q+1;/p-1/b30-21+,33-23+,34-25-;. The number of ether oxygens (including phenoxy) is 1. The molecule has 0 N–H and O–H groups in total. The van der Waals surface area contributed by atoms with Gasteiger partial charge in [-0.15, -0.1) is 0 Å². The summed E-state index contributed by atoms with van der Waals surface area (Å²) in [7, 11) is 0. The van der Waals surface area contributed by atoms with Crippen molar-refractivity contribution < 1.29 is 38.1 Å². The number of likely N-dealkylation sites (N-methyl/N-ethyl adjacent to an activating group) is 1. The van der Waals surface area contributed by atoms with E-state index in [1.807, 2.05) is 30.6 Å². The molecule has 248 valence electrons. The fourth-order valence-electron chi connectivity index (χ4n) is 5.82. The van der Waals surface area contributed by atoms with Gasteiger partial charge in [-0.05, 0) is 87.4 Å². The lowest BCUT2D eigenvalue weighted by Crippen LogP contribution is -3.00. The zero-order valence-electron chi connectivity index (χ0n) is 27.9. The Balaban J connectivity index is 0.00000451. The van der Waals surface area contributed by atoms with E-state index >= 15 is 0 Å². The molecule has 5 nitrogen and oxygen atoms in total. The third-order valence-electron chi connectivity index (χ3n) is 8.03. The van der Waals surface area contributed by atoms with E-state index in [2.05, 4.69) is 122 Å². The van der Waals surface area contributed by atoms with Gasteiger partial charge in [0.05, 0.1) is 28.0 Å². The quantitative estimate of drug-likeness (QED) is 0.0976. The third kappa shape index (κ3) is 7.54. The molecule has 9 heteroatoms. The molecule has 3 aromatic rings. The van der Waals surface area contributed by atoms with Crippen molar-refractivity contribution in [1.82, 2.24) is 4.90 Å². The SMILES string of the molecule is CCOC(/C=C1\Sc2ccc(C)cc2N1CC)=C/C=C1/SC(/C=C2\SC(c3ccccc3)=C(c3ccccc3)N2CC)=[N+](CC)C1=O.[I-]. The zero-order valence-corrected chi connectivity index (χ0v) is 32.5. The van der Waals surface area contributed by atoms with E-state index < -0.39 is 0 Å². The van der Waals surface area contributed by atoms with Crippen molar-refractivity contribution in [3.63, 3.8) is 0 Å². The van der Waals surface area contributed by atoms with Gasteiger partial charge in [0.25, 0.3) is 5.04 Å². The van der Waals surface area contributed by atoms with Crippen LogP contribution in [0.2, 0.25) is 0 Å². The summed E-state index contributed by atoms with van der Waals surface area (Å²) >= 11 is 5.05. The maximum Gasteiger partial charge on any atom is 0.427 e. The minimum absolute atomic E-state index is 0. The molecule has 0 fully saturated rings. The van der Waals surface area contributed by atoms with Crippen molar-refractivity contribution in [2.45, 2.75) is 39.5 Å². The number of fused-ring (bicyclic) bond motifs is 1. The molecule has 0 saturated heterocycles. The molecule has 3 aliphatic rings. The van der Waals surface area contributed by atoms with E-state index in [0.717, 1.165) is 34.0 Å². The van der Waals surface area contributed by atoms with Crippen molar-refractivity contribution >= 4 is 62.5 Å². The number of allylic oxidation sites excluding steroid dienone is 3. The molecular weight excluding hydrogens is 766 g/mol. The first-order valence-corrected chi connectivity index (χ1v) is 18.6. The Bertz CT molecular complexity index is 1860. The Kier molecular flexibility index (Phi) is 12.4. The van der Waals surface area contributed by atoms with Crippen LogP contribution in [0.3, 0.4) is 0 Å². The molecule has 3 aliphatic heterocycles. The number of halogens is 1. The largest absolute Gasteiger partial charge is 1.00 e. The first-order chi connectivity index (χ1) is 22.9. The maximum atomic E-state index is 13.7. The number of nitrogens with zero attached hydrogens (tertiary/aromatic N) is 3. The van der Waals surface area contributed by atoms with Gasteiger partial charge in [-0.1, -0.05) is 90.3 Å². The van der Waals surface area contributed by atoms with Crippen LogP contribution in [0.25, 0.3) is 10.6 Å². The van der Waals surface area contributed by atoms with Gasteiger partial charge >= 0.3 is 5.91 Å². The van der Waals surface area contributed by atoms with Crippen LogP contribution in [0.5, 0.6) is 0 Å². The number of amides is 1. The van der Waals surface area contributed by atoms with Gasteiger partial charge in [-0.25, -0.2) is 4.79 Å². The molecule has 0 bridgehead atoms. The lowest BCUT2D eigenvalue weighted by molar-refractivity contribution is -0.435. The van der Waals surface area contributed by atoms with Crippen molar-refractivity contribution in [1.29, 1.82) is 0 Å². The monoisotopic (exact) mass is 805 g/mol. The van der Waals surface area contributed by atoms with Crippen molar-refractivity contribution in [2.24, 2.45) is 0 Å². The second kappa shape index (κ2) is 16.5. The second-order valence-corrected chi connectivity index (χ2v) is 14.2. The van der Waals surface area contributed by atoms with E-state index in [-0.39, 0.29) is 29.9 Å². The summed E-state index contributed by atoms with van der Waals surface area (Å²) in [6.45, 7) is 13.3. The van der Waals surface area contributed by atoms with Gasteiger partial charge in [0.1, 0.15) is 10.7 Å². The maximum absolute atomic E-state index is 13.7. The Hall–Kier alpha value is -3.12. The number of aryl methyl sites for hydroxylation is 1. The normalized spacial score (nSPS) is 18.9. The zero-order chi connectivity index (χ0) is 32.9. The third-order valence-corrected chi connectivity index (χ3v) is 11.4. The number of carbonyl (C=O) groups excluding carboxylic acids is 1. The summed E-state index contributed by atoms with van der Waals surface area (Å²) in [6.07, 6.45) is 8.13.